The molecule has 0 spiro atoms. The monoisotopic (exact) mass is 247 g/mol. The maximum atomic E-state index is 13.1. The molecule has 3 nitrogen and oxygen atoms in total. The minimum atomic E-state index is -1.10. The number of rotatable bonds is 2. The number of carboxylic acids is 1. The number of nitrogens with two attached hydrogens (primary N) is 1. The molecule has 0 aliphatic rings. The molecule has 1 aromatic carbocycles. The zero-order valence-electron chi connectivity index (χ0n) is 6.55. The van der Waals surface area contributed by atoms with Crippen LogP contribution in [0, 0.1) is 5.82 Å². The molecular weight excluding hydrogens is 241 g/mol. The molecule has 0 fully saturated rings. The molecule has 0 amide bonds. The SMILES string of the molecule is Nc1cc(Br)cc(F)c1CC(=O)O. The van der Waals surface area contributed by atoms with Crippen molar-refractivity contribution >= 4 is 27.6 Å². The lowest BCUT2D eigenvalue weighted by Gasteiger charge is -2.04. The summed E-state index contributed by atoms with van der Waals surface area (Å²) in [6.45, 7) is 0. The third-order valence-electron chi connectivity index (χ3n) is 1.52. The number of nitrogen functional groups attached to an aromatic ring is 1. The zero-order valence-corrected chi connectivity index (χ0v) is 8.14. The summed E-state index contributed by atoms with van der Waals surface area (Å²) in [6, 6.07) is 2.66. The zero-order chi connectivity index (χ0) is 10.0. The van der Waals surface area contributed by atoms with Crippen LogP contribution in [-0.2, 0) is 11.2 Å². The summed E-state index contributed by atoms with van der Waals surface area (Å²) in [5.74, 6) is -1.71. The molecule has 1 rings (SSSR count). The quantitative estimate of drug-likeness (QED) is 0.784. The highest BCUT2D eigenvalue weighted by Gasteiger charge is 2.11. The van der Waals surface area contributed by atoms with Crippen molar-refractivity contribution in [3.63, 3.8) is 0 Å². The smallest absolute Gasteiger partial charge is 0.308 e. The number of hydrogen-bond acceptors (Lipinski definition) is 2. The lowest BCUT2D eigenvalue weighted by atomic mass is 10.1. The summed E-state index contributed by atoms with van der Waals surface area (Å²) in [6.07, 6.45) is -0.398. The van der Waals surface area contributed by atoms with Crippen LogP contribution in [0.2, 0.25) is 0 Å². The fraction of sp³-hybridized carbons (Fsp3) is 0.125. The number of hydrogen-bond donors (Lipinski definition) is 2. The van der Waals surface area contributed by atoms with Crippen LogP contribution >= 0.6 is 15.9 Å². The number of benzene rings is 1. The first-order valence-electron chi connectivity index (χ1n) is 3.46. The van der Waals surface area contributed by atoms with E-state index in [4.69, 9.17) is 10.8 Å². The van der Waals surface area contributed by atoms with E-state index in [9.17, 15) is 9.18 Å². The summed E-state index contributed by atoms with van der Waals surface area (Å²) < 4.78 is 13.6. The van der Waals surface area contributed by atoms with Gasteiger partial charge in [-0.25, -0.2) is 4.39 Å². The van der Waals surface area contributed by atoms with Gasteiger partial charge in [-0.1, -0.05) is 15.9 Å². The molecule has 0 radical (unpaired) electrons. The normalized spacial score (nSPS) is 10.0. The Morgan fingerprint density at radius 3 is 2.69 bits per heavy atom. The molecule has 1 aromatic rings. The highest BCUT2D eigenvalue weighted by atomic mass is 79.9. The molecule has 0 aromatic heterocycles. The van der Waals surface area contributed by atoms with Gasteiger partial charge in [0.15, 0.2) is 0 Å². The van der Waals surface area contributed by atoms with Gasteiger partial charge in [-0.05, 0) is 12.1 Å². The Labute approximate surface area is 82.5 Å². The van der Waals surface area contributed by atoms with Gasteiger partial charge in [-0.15, -0.1) is 0 Å². The average molecular weight is 248 g/mol. The van der Waals surface area contributed by atoms with Gasteiger partial charge in [0.25, 0.3) is 0 Å². The highest BCUT2D eigenvalue weighted by Crippen LogP contribution is 2.22. The number of anilines is 1. The summed E-state index contributed by atoms with van der Waals surface area (Å²) in [5.41, 5.74) is 5.61. The molecule has 0 unspecified atom stereocenters. The van der Waals surface area contributed by atoms with Gasteiger partial charge in [0.05, 0.1) is 6.42 Å². The van der Waals surface area contributed by atoms with Crippen molar-refractivity contribution in [1.82, 2.24) is 0 Å². The van der Waals surface area contributed by atoms with E-state index in [0.717, 1.165) is 0 Å². The molecule has 3 N–H and O–H groups in total. The lowest BCUT2D eigenvalue weighted by Crippen LogP contribution is -2.06. The van der Waals surface area contributed by atoms with Crippen LogP contribution < -0.4 is 5.73 Å². The van der Waals surface area contributed by atoms with Gasteiger partial charge >= 0.3 is 5.97 Å². The Bertz CT molecular complexity index is 331. The van der Waals surface area contributed by atoms with Crippen LogP contribution in [0.25, 0.3) is 0 Å². The largest absolute Gasteiger partial charge is 0.481 e. The van der Waals surface area contributed by atoms with Crippen molar-refractivity contribution in [2.24, 2.45) is 0 Å². The highest BCUT2D eigenvalue weighted by molar-refractivity contribution is 9.10. The Hall–Kier alpha value is -1.10. The van der Waals surface area contributed by atoms with E-state index < -0.39 is 18.2 Å². The number of carboxylic acid groups (broad SMARTS) is 1. The van der Waals surface area contributed by atoms with E-state index in [2.05, 4.69) is 15.9 Å². The number of carbonyl (C=O) groups is 1. The van der Waals surface area contributed by atoms with E-state index in [-0.39, 0.29) is 11.3 Å². The van der Waals surface area contributed by atoms with Crippen molar-refractivity contribution in [2.75, 3.05) is 5.73 Å². The molecule has 13 heavy (non-hydrogen) atoms. The number of halogens is 2. The molecule has 0 bridgehead atoms. The fourth-order valence-corrected chi connectivity index (χ4v) is 1.41. The molecule has 5 heteroatoms. The second kappa shape index (κ2) is 3.74. The van der Waals surface area contributed by atoms with E-state index in [1.54, 1.807) is 0 Å². The van der Waals surface area contributed by atoms with Crippen molar-refractivity contribution in [3.05, 3.63) is 28.0 Å². The minimum Gasteiger partial charge on any atom is -0.481 e. The molecule has 0 saturated carbocycles. The maximum absolute atomic E-state index is 13.1. The third kappa shape index (κ3) is 2.42. The summed E-state index contributed by atoms with van der Waals surface area (Å²) in [5, 5.41) is 8.45. The van der Waals surface area contributed by atoms with E-state index in [0.29, 0.717) is 4.47 Å². The summed E-state index contributed by atoms with van der Waals surface area (Å²) in [4.78, 5) is 10.3. The van der Waals surface area contributed by atoms with Crippen LogP contribution in [0.3, 0.4) is 0 Å². The summed E-state index contributed by atoms with van der Waals surface area (Å²) >= 11 is 3.05. The van der Waals surface area contributed by atoms with Gasteiger partial charge in [-0.2, -0.15) is 0 Å². The van der Waals surface area contributed by atoms with E-state index >= 15 is 0 Å². The molecule has 70 valence electrons. The second-order valence-corrected chi connectivity index (χ2v) is 3.44. The fourth-order valence-electron chi connectivity index (χ4n) is 0.961. The van der Waals surface area contributed by atoms with Crippen LogP contribution in [0.1, 0.15) is 5.56 Å². The molecule has 0 heterocycles. The second-order valence-electron chi connectivity index (χ2n) is 2.53. The van der Waals surface area contributed by atoms with Gasteiger partial charge in [0.1, 0.15) is 5.82 Å². The topological polar surface area (TPSA) is 63.3 Å². The first-order chi connectivity index (χ1) is 6.00. The average Bonchev–Trinajstić information content (AvgIpc) is 1.96. The molecule has 0 atom stereocenters. The van der Waals surface area contributed by atoms with Gasteiger partial charge < -0.3 is 10.8 Å². The van der Waals surface area contributed by atoms with Crippen molar-refractivity contribution in [1.29, 1.82) is 0 Å². The standard InChI is InChI=1S/C8H7BrFNO2/c9-4-1-6(10)5(3-8(12)13)7(11)2-4/h1-2H,3,11H2,(H,12,13). The molecular formula is C8H7BrFNO2. The molecule has 0 saturated heterocycles. The first-order valence-corrected chi connectivity index (χ1v) is 4.25. The Morgan fingerprint density at radius 2 is 2.23 bits per heavy atom. The van der Waals surface area contributed by atoms with Crippen molar-refractivity contribution < 1.29 is 14.3 Å². The third-order valence-corrected chi connectivity index (χ3v) is 1.98. The Morgan fingerprint density at radius 1 is 1.62 bits per heavy atom. The van der Waals surface area contributed by atoms with Gasteiger partial charge in [0, 0.05) is 15.7 Å². The predicted octanol–water partition coefficient (Wildman–Crippen LogP) is 1.80. The van der Waals surface area contributed by atoms with Crippen molar-refractivity contribution in [3.8, 4) is 0 Å². The summed E-state index contributed by atoms with van der Waals surface area (Å²) in [7, 11) is 0. The van der Waals surface area contributed by atoms with E-state index in [1.807, 2.05) is 0 Å². The lowest BCUT2D eigenvalue weighted by molar-refractivity contribution is -0.136. The van der Waals surface area contributed by atoms with Crippen LogP contribution in [0.5, 0.6) is 0 Å². The van der Waals surface area contributed by atoms with Crippen molar-refractivity contribution in [2.45, 2.75) is 6.42 Å². The Kier molecular flexibility index (Phi) is 2.87. The maximum Gasteiger partial charge on any atom is 0.308 e. The molecule has 0 aliphatic carbocycles. The van der Waals surface area contributed by atoms with Gasteiger partial charge in [-0.3, -0.25) is 4.79 Å². The van der Waals surface area contributed by atoms with Crippen LogP contribution in [0.4, 0.5) is 10.1 Å². The Balaban J connectivity index is 3.13. The first kappa shape index (κ1) is 9.98. The van der Waals surface area contributed by atoms with Crippen LogP contribution in [-0.4, -0.2) is 11.1 Å². The minimum absolute atomic E-state index is 0.0238. The number of aliphatic carboxylic acids is 1. The predicted molar refractivity (Wildman–Crippen MR) is 49.9 cm³/mol. The van der Waals surface area contributed by atoms with E-state index in [1.165, 1.54) is 12.1 Å². The van der Waals surface area contributed by atoms with Gasteiger partial charge in [0.2, 0.25) is 0 Å². The molecule has 0 aliphatic heterocycles. The van der Waals surface area contributed by atoms with Crippen LogP contribution in [0.15, 0.2) is 16.6 Å².